The molecule has 0 spiro atoms. The summed E-state index contributed by atoms with van der Waals surface area (Å²) in [5.41, 5.74) is 0. The van der Waals surface area contributed by atoms with Gasteiger partial charge in [-0.15, -0.1) is 0 Å². The van der Waals surface area contributed by atoms with Gasteiger partial charge in [0.15, 0.2) is 5.16 Å². The minimum Gasteiger partial charge on any atom is -0.354 e. The number of hydrogen-bond acceptors (Lipinski definition) is 6. The summed E-state index contributed by atoms with van der Waals surface area (Å²) in [4.78, 5) is 13.3. The summed E-state index contributed by atoms with van der Waals surface area (Å²) in [5.74, 6) is 2.80. The Morgan fingerprint density at radius 1 is 1.30 bits per heavy atom. The van der Waals surface area contributed by atoms with Gasteiger partial charge in [0.1, 0.15) is 0 Å². The standard InChI is InChI=1S/C13H20N6S/c1-4-10(3)9-20-13-17-11(14-5-2)16-12(18-13)19-8-6-7-15-19/h6-8,10H,4-5,9H2,1-3H3,(H,14,16,17,18). The molecule has 0 saturated heterocycles. The van der Waals surface area contributed by atoms with Crippen LogP contribution in [-0.4, -0.2) is 37.0 Å². The van der Waals surface area contributed by atoms with E-state index in [-0.39, 0.29) is 0 Å². The first-order chi connectivity index (χ1) is 9.72. The Balaban J connectivity index is 2.22. The lowest BCUT2D eigenvalue weighted by Gasteiger charge is -2.09. The molecule has 0 radical (unpaired) electrons. The van der Waals surface area contributed by atoms with Gasteiger partial charge < -0.3 is 5.32 Å². The van der Waals surface area contributed by atoms with Crippen LogP contribution >= 0.6 is 11.8 Å². The van der Waals surface area contributed by atoms with Crippen LogP contribution in [-0.2, 0) is 0 Å². The first-order valence-corrected chi connectivity index (χ1v) is 7.84. The summed E-state index contributed by atoms with van der Waals surface area (Å²) in [5, 5.41) is 8.04. The molecule has 7 heteroatoms. The zero-order chi connectivity index (χ0) is 14.4. The lowest BCUT2D eigenvalue weighted by molar-refractivity contribution is 0.635. The second-order valence-corrected chi connectivity index (χ2v) is 5.53. The SMILES string of the molecule is CCNc1nc(SCC(C)CC)nc(-n2cccn2)n1. The normalized spacial score (nSPS) is 12.3. The zero-order valence-corrected chi connectivity index (χ0v) is 12.9. The highest BCUT2D eigenvalue weighted by molar-refractivity contribution is 7.99. The third kappa shape index (κ3) is 3.93. The molecule has 0 aliphatic rings. The van der Waals surface area contributed by atoms with Crippen molar-refractivity contribution in [3.63, 3.8) is 0 Å². The first-order valence-electron chi connectivity index (χ1n) is 6.85. The Hall–Kier alpha value is -1.63. The van der Waals surface area contributed by atoms with E-state index in [0.717, 1.165) is 23.9 Å². The van der Waals surface area contributed by atoms with Gasteiger partial charge in [-0.05, 0) is 18.9 Å². The molecule has 1 atom stereocenters. The van der Waals surface area contributed by atoms with E-state index in [1.165, 1.54) is 0 Å². The first kappa shape index (κ1) is 14.8. The quantitative estimate of drug-likeness (QED) is 0.791. The van der Waals surface area contributed by atoms with Gasteiger partial charge in [0.2, 0.25) is 5.95 Å². The van der Waals surface area contributed by atoms with E-state index >= 15 is 0 Å². The maximum absolute atomic E-state index is 4.47. The van der Waals surface area contributed by atoms with Crippen LogP contribution in [0.3, 0.4) is 0 Å². The molecule has 1 unspecified atom stereocenters. The van der Waals surface area contributed by atoms with Gasteiger partial charge in [-0.2, -0.15) is 20.1 Å². The number of hydrogen-bond donors (Lipinski definition) is 1. The molecule has 0 bridgehead atoms. The van der Waals surface area contributed by atoms with Crippen LogP contribution in [0.1, 0.15) is 27.2 Å². The summed E-state index contributed by atoms with van der Waals surface area (Å²) < 4.78 is 1.65. The van der Waals surface area contributed by atoms with Crippen LogP contribution in [0.15, 0.2) is 23.6 Å². The summed E-state index contributed by atoms with van der Waals surface area (Å²) in [6.07, 6.45) is 4.70. The molecule has 2 heterocycles. The molecule has 0 aromatic carbocycles. The number of nitrogens with one attached hydrogen (secondary N) is 1. The fraction of sp³-hybridized carbons (Fsp3) is 0.538. The van der Waals surface area contributed by atoms with Crippen LogP contribution < -0.4 is 5.32 Å². The summed E-state index contributed by atoms with van der Waals surface area (Å²) in [6, 6.07) is 1.85. The summed E-state index contributed by atoms with van der Waals surface area (Å²) in [7, 11) is 0. The van der Waals surface area contributed by atoms with Crippen molar-refractivity contribution >= 4 is 17.7 Å². The largest absolute Gasteiger partial charge is 0.354 e. The van der Waals surface area contributed by atoms with Crippen LogP contribution in [0.5, 0.6) is 0 Å². The Kier molecular flexibility index (Phi) is 5.34. The van der Waals surface area contributed by atoms with Crippen molar-refractivity contribution in [1.82, 2.24) is 24.7 Å². The van der Waals surface area contributed by atoms with Gasteiger partial charge in [-0.25, -0.2) is 4.68 Å². The van der Waals surface area contributed by atoms with Gasteiger partial charge in [-0.3, -0.25) is 0 Å². The highest BCUT2D eigenvalue weighted by atomic mass is 32.2. The molecule has 0 saturated carbocycles. The second kappa shape index (κ2) is 7.23. The van der Waals surface area contributed by atoms with E-state index in [2.05, 4.69) is 39.2 Å². The lowest BCUT2D eigenvalue weighted by atomic mass is 10.2. The average molecular weight is 292 g/mol. The predicted octanol–water partition coefficient (Wildman–Crippen LogP) is 2.63. The molecule has 20 heavy (non-hydrogen) atoms. The molecule has 108 valence electrons. The molecule has 0 aliphatic heterocycles. The van der Waals surface area contributed by atoms with E-state index in [1.807, 2.05) is 19.2 Å². The van der Waals surface area contributed by atoms with E-state index < -0.39 is 0 Å². The van der Waals surface area contributed by atoms with Gasteiger partial charge in [0.25, 0.3) is 5.95 Å². The molecule has 6 nitrogen and oxygen atoms in total. The molecule has 0 aliphatic carbocycles. The van der Waals surface area contributed by atoms with Crippen molar-refractivity contribution in [2.45, 2.75) is 32.3 Å². The van der Waals surface area contributed by atoms with Gasteiger partial charge in [0, 0.05) is 24.7 Å². The lowest BCUT2D eigenvalue weighted by Crippen LogP contribution is -2.10. The topological polar surface area (TPSA) is 68.5 Å². The number of thioether (sulfide) groups is 1. The second-order valence-electron chi connectivity index (χ2n) is 4.55. The van der Waals surface area contributed by atoms with E-state index in [0.29, 0.717) is 17.8 Å². The number of aromatic nitrogens is 5. The van der Waals surface area contributed by atoms with Crippen molar-refractivity contribution in [2.24, 2.45) is 5.92 Å². The Bertz CT molecular complexity index is 528. The molecular formula is C13H20N6S. The molecule has 0 amide bonds. The van der Waals surface area contributed by atoms with Gasteiger partial charge >= 0.3 is 0 Å². The molecule has 2 rings (SSSR count). The predicted molar refractivity (Wildman–Crippen MR) is 81.3 cm³/mol. The van der Waals surface area contributed by atoms with Gasteiger partial charge in [0.05, 0.1) is 0 Å². The maximum atomic E-state index is 4.47. The molecule has 2 aromatic heterocycles. The zero-order valence-electron chi connectivity index (χ0n) is 12.1. The van der Waals surface area contributed by atoms with E-state index in [4.69, 9.17) is 0 Å². The Morgan fingerprint density at radius 3 is 2.80 bits per heavy atom. The fourth-order valence-corrected chi connectivity index (χ4v) is 2.44. The van der Waals surface area contributed by atoms with Crippen LogP contribution in [0, 0.1) is 5.92 Å². The minimum atomic E-state index is 0.549. The highest BCUT2D eigenvalue weighted by Gasteiger charge is 2.10. The Morgan fingerprint density at radius 2 is 2.15 bits per heavy atom. The van der Waals surface area contributed by atoms with Crippen molar-refractivity contribution in [3.8, 4) is 5.95 Å². The van der Waals surface area contributed by atoms with Gasteiger partial charge in [-0.1, -0.05) is 32.0 Å². The van der Waals surface area contributed by atoms with Crippen LogP contribution in [0.2, 0.25) is 0 Å². The van der Waals surface area contributed by atoms with Crippen molar-refractivity contribution in [1.29, 1.82) is 0 Å². The van der Waals surface area contributed by atoms with E-state index in [1.54, 1.807) is 22.6 Å². The molecule has 2 aromatic rings. The number of rotatable bonds is 7. The Labute approximate surface area is 123 Å². The minimum absolute atomic E-state index is 0.549. The molecular weight excluding hydrogens is 272 g/mol. The molecule has 1 N–H and O–H groups in total. The maximum Gasteiger partial charge on any atom is 0.256 e. The fourth-order valence-electron chi connectivity index (χ4n) is 1.47. The summed E-state index contributed by atoms with van der Waals surface area (Å²) >= 11 is 1.66. The summed E-state index contributed by atoms with van der Waals surface area (Å²) in [6.45, 7) is 7.22. The van der Waals surface area contributed by atoms with Crippen molar-refractivity contribution < 1.29 is 0 Å². The average Bonchev–Trinajstić information content (AvgIpc) is 2.99. The van der Waals surface area contributed by atoms with Crippen LogP contribution in [0.25, 0.3) is 5.95 Å². The monoisotopic (exact) mass is 292 g/mol. The third-order valence-electron chi connectivity index (χ3n) is 2.84. The van der Waals surface area contributed by atoms with Crippen molar-refractivity contribution in [3.05, 3.63) is 18.5 Å². The molecule has 0 fully saturated rings. The number of nitrogens with zero attached hydrogens (tertiary/aromatic N) is 5. The van der Waals surface area contributed by atoms with Crippen molar-refractivity contribution in [2.75, 3.05) is 17.6 Å². The number of anilines is 1. The van der Waals surface area contributed by atoms with Crippen LogP contribution in [0.4, 0.5) is 5.95 Å². The smallest absolute Gasteiger partial charge is 0.256 e. The third-order valence-corrected chi connectivity index (χ3v) is 4.02. The highest BCUT2D eigenvalue weighted by Crippen LogP contribution is 2.20. The van der Waals surface area contributed by atoms with E-state index in [9.17, 15) is 0 Å².